The lowest BCUT2D eigenvalue weighted by molar-refractivity contribution is -0.142. The molecule has 9 amide bonds. The number of benzene rings is 4. The molecule has 4 heterocycles. The van der Waals surface area contributed by atoms with Crippen molar-refractivity contribution in [2.75, 3.05) is 6.54 Å². The van der Waals surface area contributed by atoms with Crippen molar-refractivity contribution in [2.24, 2.45) is 11.7 Å². The molecule has 23 nitrogen and oxygen atoms in total. The summed E-state index contributed by atoms with van der Waals surface area (Å²) < 4.78 is 0. The predicted octanol–water partition coefficient (Wildman–Crippen LogP) is 2.24. The number of rotatable bonds is 27. The van der Waals surface area contributed by atoms with Gasteiger partial charge in [-0.25, -0.2) is 9.97 Å². The van der Waals surface area contributed by atoms with Crippen molar-refractivity contribution in [3.05, 3.63) is 156 Å². The van der Waals surface area contributed by atoms with Gasteiger partial charge in [0.2, 0.25) is 53.2 Å². The van der Waals surface area contributed by atoms with E-state index < -0.39 is 102 Å². The van der Waals surface area contributed by atoms with Crippen LogP contribution in [0.5, 0.6) is 0 Å². The third-order valence-corrected chi connectivity index (χ3v) is 14.9. The standard InChI is InChI=1S/C61H72N14O9/c1-35(2)53(60(83)69-36(3)55(78)73-50(29-44-32-64-34-67-44)61(84)75-24-12-19-51(75)59(82)71-47(54(62)77)26-39-20-22-40-15-8-9-16-41(40)25-39)74-56(79)37(4)68-57(80)48(27-42-30-65-46-18-11-10-17-45(42)46)72-58(81)49(28-43-31-63-33-66-43)70-52(76)23-21-38-13-6-5-7-14-38/h5-11,13-18,20,22,25,30-37,47-51,53,65H,12,19,21,23-24,26-29H2,1-4H3,(H2,62,77)(H,63,66)(H,64,67)(H,68,80)(H,69,83)(H,70,76)(H,71,82)(H,72,81)(H,73,78)(H,74,79)/t36-,37+,47-,48+,49+,50+,51-,53+/m1/s1. The molecule has 23 heteroatoms. The van der Waals surface area contributed by atoms with Gasteiger partial charge < -0.3 is 62.8 Å². The van der Waals surface area contributed by atoms with E-state index in [4.69, 9.17) is 5.73 Å². The quantitative estimate of drug-likeness (QED) is 0.0355. The van der Waals surface area contributed by atoms with Crippen molar-refractivity contribution in [3.8, 4) is 0 Å². The number of H-pyrrole nitrogens is 3. The molecule has 440 valence electrons. The number of hydrogen-bond donors (Lipinski definition) is 11. The molecular weight excluding hydrogens is 1070 g/mol. The van der Waals surface area contributed by atoms with Crippen LogP contribution in [0.4, 0.5) is 0 Å². The van der Waals surface area contributed by atoms with E-state index >= 15 is 0 Å². The summed E-state index contributed by atoms with van der Waals surface area (Å²) in [6.45, 7) is 6.38. The number of carbonyl (C=O) groups is 9. The molecule has 1 saturated heterocycles. The first kappa shape index (κ1) is 60.4. The van der Waals surface area contributed by atoms with Gasteiger partial charge in [0, 0.05) is 79.5 Å². The van der Waals surface area contributed by atoms with Crippen LogP contribution in [-0.4, -0.2) is 138 Å². The molecule has 1 aliphatic heterocycles. The highest BCUT2D eigenvalue weighted by atomic mass is 16.2. The molecule has 4 aromatic carbocycles. The van der Waals surface area contributed by atoms with Crippen LogP contribution in [0.15, 0.2) is 128 Å². The van der Waals surface area contributed by atoms with Gasteiger partial charge in [-0.05, 0) is 72.6 Å². The SMILES string of the molecule is CC(C)[C@H](NC(=O)[C@H](C)NC(=O)[C@H](Cc1c[nH]c2ccccc12)NC(=O)[C@H](Cc1cnc[nH]1)NC(=O)CCc1ccccc1)C(=O)N[C@H](C)C(=O)N[C@@H](Cc1cnc[nH]1)C(=O)N1CCC[C@@H]1C(=O)N[C@H](Cc1ccc2ccccc2c1)C(N)=O. The number of nitrogens with one attached hydrogen (secondary N) is 10. The minimum absolute atomic E-state index is 0.0153. The van der Waals surface area contributed by atoms with E-state index in [-0.39, 0.29) is 51.0 Å². The van der Waals surface area contributed by atoms with E-state index in [1.807, 2.05) is 97.1 Å². The Hall–Kier alpha value is -9.67. The third-order valence-electron chi connectivity index (χ3n) is 14.9. The van der Waals surface area contributed by atoms with Gasteiger partial charge in [0.1, 0.15) is 48.3 Å². The van der Waals surface area contributed by atoms with E-state index in [0.717, 1.165) is 32.8 Å². The highest BCUT2D eigenvalue weighted by Gasteiger charge is 2.40. The normalized spacial score (nSPS) is 15.6. The van der Waals surface area contributed by atoms with Gasteiger partial charge in [0.25, 0.3) is 0 Å². The molecule has 0 spiro atoms. The second kappa shape index (κ2) is 28.3. The van der Waals surface area contributed by atoms with Crippen LogP contribution < -0.4 is 43.0 Å². The molecule has 1 aliphatic rings. The minimum Gasteiger partial charge on any atom is -0.368 e. The van der Waals surface area contributed by atoms with Crippen molar-refractivity contribution in [1.29, 1.82) is 0 Å². The molecule has 0 aliphatic carbocycles. The molecule has 84 heavy (non-hydrogen) atoms. The molecule has 1 fully saturated rings. The van der Waals surface area contributed by atoms with Gasteiger partial charge in [-0.15, -0.1) is 0 Å². The number of likely N-dealkylation sites (tertiary alicyclic amines) is 1. The number of aryl methyl sites for hydroxylation is 1. The van der Waals surface area contributed by atoms with Crippen LogP contribution in [0.25, 0.3) is 21.7 Å². The summed E-state index contributed by atoms with van der Waals surface area (Å²) in [5.41, 5.74) is 10.1. The summed E-state index contributed by atoms with van der Waals surface area (Å²) in [5, 5.41) is 22.0. The Kier molecular flexibility index (Phi) is 20.4. The number of imidazole rings is 2. The lowest BCUT2D eigenvalue weighted by Gasteiger charge is -2.30. The highest BCUT2D eigenvalue weighted by molar-refractivity contribution is 5.99. The van der Waals surface area contributed by atoms with Crippen LogP contribution in [0.3, 0.4) is 0 Å². The number of amides is 9. The zero-order valence-electron chi connectivity index (χ0n) is 47.3. The molecule has 3 aromatic heterocycles. The van der Waals surface area contributed by atoms with Gasteiger partial charge in [-0.3, -0.25) is 43.2 Å². The average Bonchev–Trinajstić information content (AvgIpc) is 4.30. The van der Waals surface area contributed by atoms with Gasteiger partial charge in [-0.2, -0.15) is 0 Å². The molecule has 7 aromatic rings. The van der Waals surface area contributed by atoms with Crippen molar-refractivity contribution >= 4 is 74.8 Å². The molecular formula is C61H72N14O9. The van der Waals surface area contributed by atoms with Crippen LogP contribution in [0, 0.1) is 5.92 Å². The fourth-order valence-corrected chi connectivity index (χ4v) is 10.3. The lowest BCUT2D eigenvalue weighted by atomic mass is 10.0. The summed E-state index contributed by atoms with van der Waals surface area (Å²) in [5.74, 6) is -6.45. The second-order valence-corrected chi connectivity index (χ2v) is 21.6. The summed E-state index contributed by atoms with van der Waals surface area (Å²) in [7, 11) is 0. The summed E-state index contributed by atoms with van der Waals surface area (Å²) in [6.07, 6.45) is 8.98. The minimum atomic E-state index is -1.26. The first-order valence-corrected chi connectivity index (χ1v) is 28.1. The van der Waals surface area contributed by atoms with E-state index in [1.165, 1.54) is 43.8 Å². The Labute approximate surface area is 485 Å². The second-order valence-electron chi connectivity index (χ2n) is 21.6. The Bertz CT molecular complexity index is 3440. The van der Waals surface area contributed by atoms with E-state index in [2.05, 4.69) is 62.1 Å². The molecule has 8 rings (SSSR count). The largest absolute Gasteiger partial charge is 0.368 e. The number of nitrogens with two attached hydrogens (primary N) is 1. The van der Waals surface area contributed by atoms with Gasteiger partial charge >= 0.3 is 0 Å². The molecule has 0 bridgehead atoms. The van der Waals surface area contributed by atoms with Crippen LogP contribution in [-0.2, 0) is 75.3 Å². The number of nitrogens with zero attached hydrogens (tertiary/aromatic N) is 3. The number of carbonyl (C=O) groups excluding carboxylic acids is 9. The monoisotopic (exact) mass is 1140 g/mol. The Morgan fingerprint density at radius 1 is 0.583 bits per heavy atom. The molecule has 12 N–H and O–H groups in total. The van der Waals surface area contributed by atoms with Gasteiger partial charge in [0.05, 0.1) is 12.7 Å². The van der Waals surface area contributed by atoms with Crippen LogP contribution in [0.1, 0.15) is 75.0 Å². The number of aromatic nitrogens is 5. The smallest absolute Gasteiger partial charge is 0.246 e. The number of hydrogen-bond acceptors (Lipinski definition) is 11. The lowest BCUT2D eigenvalue weighted by Crippen LogP contribution is -2.60. The fourth-order valence-electron chi connectivity index (χ4n) is 10.3. The zero-order chi connectivity index (χ0) is 59.9. The fraction of sp³-hybridized carbons (Fsp3) is 0.361. The Balaban J connectivity index is 0.899. The number of aromatic amines is 3. The first-order valence-electron chi connectivity index (χ1n) is 28.1. The predicted molar refractivity (Wildman–Crippen MR) is 313 cm³/mol. The molecule has 0 unspecified atom stereocenters. The summed E-state index contributed by atoms with van der Waals surface area (Å²) >= 11 is 0. The van der Waals surface area contributed by atoms with Crippen LogP contribution in [0.2, 0.25) is 0 Å². The number of primary amides is 1. The van der Waals surface area contributed by atoms with Crippen molar-refractivity contribution in [3.63, 3.8) is 0 Å². The maximum Gasteiger partial charge on any atom is 0.246 e. The third kappa shape index (κ3) is 16.1. The summed E-state index contributed by atoms with van der Waals surface area (Å²) in [6, 6.07) is 20.9. The first-order chi connectivity index (χ1) is 40.4. The number of para-hydroxylation sites is 1. The number of fused-ring (bicyclic) bond motifs is 2. The Morgan fingerprint density at radius 3 is 1.87 bits per heavy atom. The van der Waals surface area contributed by atoms with E-state index in [9.17, 15) is 43.2 Å². The van der Waals surface area contributed by atoms with E-state index in [1.54, 1.807) is 20.0 Å². The van der Waals surface area contributed by atoms with Gasteiger partial charge in [-0.1, -0.05) is 105 Å². The van der Waals surface area contributed by atoms with Crippen molar-refractivity contribution < 1.29 is 43.2 Å². The Morgan fingerprint density at radius 2 is 1.19 bits per heavy atom. The highest BCUT2D eigenvalue weighted by Crippen LogP contribution is 2.23. The van der Waals surface area contributed by atoms with E-state index in [0.29, 0.717) is 29.8 Å². The van der Waals surface area contributed by atoms with Crippen molar-refractivity contribution in [1.82, 2.24) is 67.0 Å². The zero-order valence-corrected chi connectivity index (χ0v) is 47.3. The molecule has 0 radical (unpaired) electrons. The average molecular weight is 1150 g/mol. The van der Waals surface area contributed by atoms with Crippen molar-refractivity contribution in [2.45, 2.75) is 127 Å². The molecule has 0 saturated carbocycles. The topological polar surface area (TPSA) is 340 Å². The molecule has 8 atom stereocenters. The van der Waals surface area contributed by atoms with Crippen LogP contribution >= 0.6 is 0 Å². The van der Waals surface area contributed by atoms with Gasteiger partial charge in [0.15, 0.2) is 0 Å². The summed E-state index contributed by atoms with van der Waals surface area (Å²) in [4.78, 5) is 144. The maximum absolute atomic E-state index is 14.5. The maximum atomic E-state index is 14.5.